The fraction of sp³-hybridized carbons (Fsp3) is 0.381. The first-order chi connectivity index (χ1) is 13.2. The average molecular weight is 440 g/mol. The molecule has 0 radical (unpaired) electrons. The highest BCUT2D eigenvalue weighted by Crippen LogP contribution is 2.24. The van der Waals surface area contributed by atoms with Gasteiger partial charge in [-0.05, 0) is 48.5 Å². The third-order valence-electron chi connectivity index (χ3n) is 5.35. The molecule has 2 aliphatic rings. The number of nitrogens with zero attached hydrogens (tertiary/aromatic N) is 3. The predicted molar refractivity (Wildman–Crippen MR) is 122 cm³/mol. The molecule has 8 heteroatoms. The largest absolute Gasteiger partial charge is 0.478 e. The maximum atomic E-state index is 11.0. The van der Waals surface area contributed by atoms with Gasteiger partial charge in [-0.3, -0.25) is 0 Å². The van der Waals surface area contributed by atoms with E-state index < -0.39 is 5.97 Å². The zero-order chi connectivity index (χ0) is 18.6. The van der Waals surface area contributed by atoms with Gasteiger partial charge in [0.15, 0.2) is 0 Å². The van der Waals surface area contributed by atoms with Crippen molar-refractivity contribution in [1.82, 2.24) is 0 Å². The molecule has 2 saturated heterocycles. The Morgan fingerprint density at radius 3 is 1.38 bits per heavy atom. The number of rotatable bonds is 4. The molecule has 1 N–H and O–H groups in total. The number of aromatic carboxylic acids is 1. The fourth-order valence-electron chi connectivity index (χ4n) is 3.73. The molecule has 0 aliphatic carbocycles. The normalized spacial score (nSPS) is 16.6. The van der Waals surface area contributed by atoms with Gasteiger partial charge < -0.3 is 24.5 Å². The predicted octanol–water partition coefficient (Wildman–Crippen LogP) is 3.39. The molecule has 0 saturated carbocycles. The van der Waals surface area contributed by atoms with Crippen molar-refractivity contribution >= 4 is 47.8 Å². The van der Waals surface area contributed by atoms with Crippen molar-refractivity contribution in [2.45, 2.75) is 0 Å². The molecule has 2 fully saturated rings. The summed E-state index contributed by atoms with van der Waals surface area (Å²) >= 11 is 0. The molecule has 4 rings (SSSR count). The number of ether oxygens (including phenoxy) is 1. The topological polar surface area (TPSA) is 56.2 Å². The van der Waals surface area contributed by atoms with Crippen molar-refractivity contribution in [3.8, 4) is 0 Å². The summed E-state index contributed by atoms with van der Waals surface area (Å²) in [7, 11) is 0. The average Bonchev–Trinajstić information content (AvgIpc) is 2.75. The summed E-state index contributed by atoms with van der Waals surface area (Å²) in [6, 6.07) is 16.0. The highest BCUT2D eigenvalue weighted by atomic mass is 35.5. The Bertz CT molecular complexity index is 773. The lowest BCUT2D eigenvalue weighted by Crippen LogP contribution is -2.46. The summed E-state index contributed by atoms with van der Waals surface area (Å²) in [5.74, 6) is -0.883. The van der Waals surface area contributed by atoms with E-state index >= 15 is 0 Å². The second kappa shape index (κ2) is 10.6. The van der Waals surface area contributed by atoms with Gasteiger partial charge in [-0.25, -0.2) is 4.79 Å². The lowest BCUT2D eigenvalue weighted by atomic mass is 10.1. The standard InChI is InChI=1S/C21H25N3O3.2ClH/c25-21(26)17-1-3-18(4-2-17)22-9-11-23(12-10-22)19-5-7-20(8-6-19)24-13-15-27-16-14-24;;/h1-8H,9-16H2,(H,25,26);2*1H. The van der Waals surface area contributed by atoms with E-state index in [0.717, 1.165) is 58.2 Å². The molecule has 0 amide bonds. The number of morpholine rings is 1. The number of hydrogen-bond donors (Lipinski definition) is 1. The molecular weight excluding hydrogens is 413 g/mol. The summed E-state index contributed by atoms with van der Waals surface area (Å²) in [5.41, 5.74) is 3.94. The number of hydrogen-bond acceptors (Lipinski definition) is 5. The van der Waals surface area contributed by atoms with Crippen LogP contribution in [0.3, 0.4) is 0 Å². The van der Waals surface area contributed by atoms with Gasteiger partial charge in [0.1, 0.15) is 0 Å². The Morgan fingerprint density at radius 1 is 0.655 bits per heavy atom. The number of halogens is 2. The van der Waals surface area contributed by atoms with Gasteiger partial charge in [-0.2, -0.15) is 0 Å². The highest BCUT2D eigenvalue weighted by Gasteiger charge is 2.18. The zero-order valence-electron chi connectivity index (χ0n) is 16.2. The molecule has 2 aromatic rings. The van der Waals surface area contributed by atoms with Crippen molar-refractivity contribution < 1.29 is 14.6 Å². The SMILES string of the molecule is Cl.Cl.O=C(O)c1ccc(N2CCN(c3ccc(N4CCOCC4)cc3)CC2)cc1. The van der Waals surface area contributed by atoms with Crippen LogP contribution in [0.5, 0.6) is 0 Å². The Kier molecular flexibility index (Phi) is 8.44. The van der Waals surface area contributed by atoms with E-state index in [1.165, 1.54) is 11.4 Å². The van der Waals surface area contributed by atoms with Crippen LogP contribution in [0.4, 0.5) is 17.1 Å². The van der Waals surface area contributed by atoms with Crippen LogP contribution in [0, 0.1) is 0 Å². The van der Waals surface area contributed by atoms with Crippen LogP contribution in [0.1, 0.15) is 10.4 Å². The summed E-state index contributed by atoms with van der Waals surface area (Å²) in [6.07, 6.45) is 0. The van der Waals surface area contributed by atoms with Gasteiger partial charge in [0.2, 0.25) is 0 Å². The number of piperazine rings is 1. The van der Waals surface area contributed by atoms with Gasteiger partial charge in [0.25, 0.3) is 0 Å². The number of benzene rings is 2. The van der Waals surface area contributed by atoms with Gasteiger partial charge in [-0.1, -0.05) is 0 Å². The minimum Gasteiger partial charge on any atom is -0.478 e. The van der Waals surface area contributed by atoms with E-state index in [1.807, 2.05) is 12.1 Å². The van der Waals surface area contributed by atoms with Crippen LogP contribution < -0.4 is 14.7 Å². The van der Waals surface area contributed by atoms with Gasteiger partial charge in [0.05, 0.1) is 18.8 Å². The van der Waals surface area contributed by atoms with Crippen LogP contribution in [0.2, 0.25) is 0 Å². The molecule has 29 heavy (non-hydrogen) atoms. The van der Waals surface area contributed by atoms with Gasteiger partial charge in [-0.15, -0.1) is 24.8 Å². The fourth-order valence-corrected chi connectivity index (χ4v) is 3.73. The minimum atomic E-state index is -0.883. The van der Waals surface area contributed by atoms with Crippen molar-refractivity contribution in [2.24, 2.45) is 0 Å². The molecule has 2 heterocycles. The monoisotopic (exact) mass is 439 g/mol. The minimum absolute atomic E-state index is 0. The number of carboxylic acid groups (broad SMARTS) is 1. The molecule has 158 valence electrons. The first-order valence-corrected chi connectivity index (χ1v) is 9.47. The first kappa shape index (κ1) is 23.1. The lowest BCUT2D eigenvalue weighted by molar-refractivity contribution is 0.0697. The Balaban J connectivity index is 0.00000150. The van der Waals surface area contributed by atoms with Crippen LogP contribution in [0.15, 0.2) is 48.5 Å². The Labute approximate surface area is 183 Å². The molecule has 2 aromatic carbocycles. The van der Waals surface area contributed by atoms with E-state index in [4.69, 9.17) is 9.84 Å². The second-order valence-electron chi connectivity index (χ2n) is 6.94. The molecule has 0 spiro atoms. The number of carbonyl (C=O) groups is 1. The third kappa shape index (κ3) is 5.47. The number of anilines is 3. The van der Waals surface area contributed by atoms with E-state index in [0.29, 0.717) is 5.56 Å². The van der Waals surface area contributed by atoms with E-state index in [9.17, 15) is 4.79 Å². The third-order valence-corrected chi connectivity index (χ3v) is 5.35. The van der Waals surface area contributed by atoms with Gasteiger partial charge >= 0.3 is 5.97 Å². The maximum absolute atomic E-state index is 11.0. The van der Waals surface area contributed by atoms with Crippen molar-refractivity contribution in [2.75, 3.05) is 67.2 Å². The van der Waals surface area contributed by atoms with Crippen LogP contribution in [-0.2, 0) is 4.74 Å². The zero-order valence-corrected chi connectivity index (χ0v) is 17.8. The lowest BCUT2D eigenvalue weighted by Gasteiger charge is -2.37. The molecule has 0 unspecified atom stereocenters. The molecule has 0 atom stereocenters. The van der Waals surface area contributed by atoms with Crippen LogP contribution in [0.25, 0.3) is 0 Å². The van der Waals surface area contributed by atoms with E-state index in [2.05, 4.69) is 39.0 Å². The molecule has 2 aliphatic heterocycles. The Morgan fingerprint density at radius 2 is 1.00 bits per heavy atom. The molecule has 6 nitrogen and oxygen atoms in total. The first-order valence-electron chi connectivity index (χ1n) is 9.47. The summed E-state index contributed by atoms with van der Waals surface area (Å²) in [5, 5.41) is 9.02. The number of carboxylic acids is 1. The van der Waals surface area contributed by atoms with Crippen molar-refractivity contribution in [1.29, 1.82) is 0 Å². The Hall–Kier alpha value is -2.15. The maximum Gasteiger partial charge on any atom is 0.335 e. The summed E-state index contributed by atoms with van der Waals surface area (Å²) in [6.45, 7) is 7.29. The molecule has 0 bridgehead atoms. The summed E-state index contributed by atoms with van der Waals surface area (Å²) in [4.78, 5) is 18.1. The van der Waals surface area contributed by atoms with Gasteiger partial charge in [0, 0.05) is 56.3 Å². The molecular formula is C21H27Cl2N3O3. The van der Waals surface area contributed by atoms with Crippen LogP contribution in [-0.4, -0.2) is 63.6 Å². The van der Waals surface area contributed by atoms with Crippen molar-refractivity contribution in [3.05, 3.63) is 54.1 Å². The summed E-state index contributed by atoms with van der Waals surface area (Å²) < 4.78 is 5.42. The second-order valence-corrected chi connectivity index (χ2v) is 6.94. The van der Waals surface area contributed by atoms with Crippen LogP contribution >= 0.6 is 24.8 Å². The molecule has 0 aromatic heterocycles. The quantitative estimate of drug-likeness (QED) is 0.787. The highest BCUT2D eigenvalue weighted by molar-refractivity contribution is 5.88. The van der Waals surface area contributed by atoms with Crippen molar-refractivity contribution in [3.63, 3.8) is 0 Å². The van der Waals surface area contributed by atoms with E-state index in [-0.39, 0.29) is 24.8 Å². The van der Waals surface area contributed by atoms with E-state index in [1.54, 1.807) is 12.1 Å². The smallest absolute Gasteiger partial charge is 0.335 e.